The normalized spacial score (nSPS) is 13.3. The molecule has 2 nitrogen and oxygen atoms in total. The summed E-state index contributed by atoms with van der Waals surface area (Å²) < 4.78 is 23.0. The first-order chi connectivity index (χ1) is 11.5. The van der Waals surface area contributed by atoms with Crippen molar-refractivity contribution >= 4 is 41.7 Å². The highest BCUT2D eigenvalue weighted by Gasteiger charge is 2.15. The van der Waals surface area contributed by atoms with Crippen molar-refractivity contribution in [3.05, 3.63) is 0 Å². The summed E-state index contributed by atoms with van der Waals surface area (Å²) in [5.41, 5.74) is 0. The first-order valence-electron chi connectivity index (χ1n) is 9.92. The molecule has 0 rings (SSSR count). The standard InChI is InChI=1S/C19H38Br2O2S/c1-2-3-4-5-6-7-8-9-10-11-12-13-14-15-16-19(21)17-24(22,23)18-20/h19H,2-18H2,1H3. The first-order valence-corrected chi connectivity index (χ1v) is 13.8. The molecule has 0 bridgehead atoms. The second-order valence-corrected chi connectivity index (χ2v) is 11.7. The van der Waals surface area contributed by atoms with E-state index in [1.807, 2.05) is 0 Å². The maximum Gasteiger partial charge on any atom is 0.161 e. The van der Waals surface area contributed by atoms with E-state index in [1.54, 1.807) is 0 Å². The number of hydrogen-bond donors (Lipinski definition) is 0. The number of halogens is 2. The van der Waals surface area contributed by atoms with E-state index in [0.717, 1.165) is 12.8 Å². The summed E-state index contributed by atoms with van der Waals surface area (Å²) in [6.45, 7) is 2.27. The monoisotopic (exact) mass is 488 g/mol. The Morgan fingerprint density at radius 1 is 0.708 bits per heavy atom. The molecule has 1 unspecified atom stereocenters. The lowest BCUT2D eigenvalue weighted by atomic mass is 10.0. The Hall–Kier alpha value is 0.910. The second kappa shape index (κ2) is 17.3. The van der Waals surface area contributed by atoms with E-state index in [4.69, 9.17) is 0 Å². The van der Waals surface area contributed by atoms with Gasteiger partial charge in [0.25, 0.3) is 0 Å². The number of rotatable bonds is 18. The molecular formula is C19H38Br2O2S. The van der Waals surface area contributed by atoms with Crippen LogP contribution in [0.5, 0.6) is 0 Å². The molecule has 0 aliphatic rings. The molecule has 0 radical (unpaired) electrons. The molecule has 0 aromatic heterocycles. The van der Waals surface area contributed by atoms with Crippen molar-refractivity contribution in [2.75, 3.05) is 10.4 Å². The van der Waals surface area contributed by atoms with E-state index in [1.165, 1.54) is 83.5 Å². The molecule has 0 amide bonds. The molecule has 0 fully saturated rings. The van der Waals surface area contributed by atoms with Crippen molar-refractivity contribution in [1.29, 1.82) is 0 Å². The van der Waals surface area contributed by atoms with Crippen LogP contribution in [0, 0.1) is 0 Å². The Morgan fingerprint density at radius 3 is 1.46 bits per heavy atom. The topological polar surface area (TPSA) is 34.1 Å². The molecule has 0 aromatic carbocycles. The summed E-state index contributed by atoms with van der Waals surface area (Å²) in [6.07, 6.45) is 20.0. The van der Waals surface area contributed by atoms with Crippen molar-refractivity contribution in [3.8, 4) is 0 Å². The highest BCUT2D eigenvalue weighted by atomic mass is 79.9. The third-order valence-electron chi connectivity index (χ3n) is 4.47. The van der Waals surface area contributed by atoms with E-state index in [2.05, 4.69) is 38.8 Å². The summed E-state index contributed by atoms with van der Waals surface area (Å²) >= 11 is 6.53. The van der Waals surface area contributed by atoms with Gasteiger partial charge >= 0.3 is 0 Å². The average molecular weight is 490 g/mol. The van der Waals surface area contributed by atoms with Gasteiger partial charge in [0.1, 0.15) is 4.66 Å². The minimum Gasteiger partial charge on any atom is -0.228 e. The fourth-order valence-corrected chi connectivity index (χ4v) is 5.86. The SMILES string of the molecule is CCCCCCCCCCCCCCCCC(Br)CS(=O)(=O)CBr. The van der Waals surface area contributed by atoms with Gasteiger partial charge in [-0.2, -0.15) is 0 Å². The van der Waals surface area contributed by atoms with Crippen molar-refractivity contribution < 1.29 is 8.42 Å². The predicted octanol–water partition coefficient (Wildman–Crippen LogP) is 7.39. The zero-order valence-electron chi connectivity index (χ0n) is 15.6. The molecule has 0 spiro atoms. The number of alkyl halides is 2. The molecular weight excluding hydrogens is 452 g/mol. The predicted molar refractivity (Wildman–Crippen MR) is 115 cm³/mol. The molecule has 0 N–H and O–H groups in total. The quantitative estimate of drug-likeness (QED) is 0.148. The largest absolute Gasteiger partial charge is 0.228 e. The Balaban J connectivity index is 3.23. The Kier molecular flexibility index (Phi) is 18.0. The van der Waals surface area contributed by atoms with E-state index in [9.17, 15) is 8.42 Å². The summed E-state index contributed by atoms with van der Waals surface area (Å²) in [7, 11) is -2.92. The van der Waals surface area contributed by atoms with Crippen LogP contribution >= 0.6 is 31.9 Å². The van der Waals surface area contributed by atoms with Gasteiger partial charge in [0, 0.05) is 4.83 Å². The van der Waals surface area contributed by atoms with Crippen molar-refractivity contribution in [1.82, 2.24) is 0 Å². The third-order valence-corrected chi connectivity index (χ3v) is 9.02. The van der Waals surface area contributed by atoms with Crippen LogP contribution in [0.25, 0.3) is 0 Å². The van der Waals surface area contributed by atoms with Gasteiger partial charge in [-0.05, 0) is 6.42 Å². The van der Waals surface area contributed by atoms with Gasteiger partial charge in [-0.3, -0.25) is 0 Å². The number of sulfone groups is 1. The molecule has 146 valence electrons. The van der Waals surface area contributed by atoms with E-state index in [-0.39, 0.29) is 15.2 Å². The van der Waals surface area contributed by atoms with Crippen LogP contribution in [0.15, 0.2) is 0 Å². The molecule has 0 aromatic rings. The first kappa shape index (κ1) is 24.9. The van der Waals surface area contributed by atoms with Gasteiger partial charge < -0.3 is 0 Å². The molecule has 0 aliphatic carbocycles. The zero-order valence-corrected chi connectivity index (χ0v) is 19.6. The van der Waals surface area contributed by atoms with Gasteiger partial charge in [0.2, 0.25) is 0 Å². The maximum absolute atomic E-state index is 11.5. The fourth-order valence-electron chi connectivity index (χ4n) is 2.96. The van der Waals surface area contributed by atoms with Crippen molar-refractivity contribution in [2.45, 2.75) is 108 Å². The van der Waals surface area contributed by atoms with E-state index >= 15 is 0 Å². The highest BCUT2D eigenvalue weighted by molar-refractivity contribution is 9.11. The summed E-state index contributed by atoms with van der Waals surface area (Å²) in [4.78, 5) is 0.109. The van der Waals surface area contributed by atoms with Crippen LogP contribution in [-0.4, -0.2) is 23.7 Å². The van der Waals surface area contributed by atoms with Gasteiger partial charge in [-0.15, -0.1) is 0 Å². The third kappa shape index (κ3) is 17.7. The smallest absolute Gasteiger partial charge is 0.161 e. The molecule has 1 atom stereocenters. The molecule has 0 heterocycles. The van der Waals surface area contributed by atoms with Crippen LogP contribution in [0.2, 0.25) is 0 Å². The van der Waals surface area contributed by atoms with Gasteiger partial charge in [-0.1, -0.05) is 129 Å². The van der Waals surface area contributed by atoms with Crippen molar-refractivity contribution in [2.24, 2.45) is 0 Å². The fraction of sp³-hybridized carbons (Fsp3) is 1.00. The minimum atomic E-state index is -2.92. The van der Waals surface area contributed by atoms with Gasteiger partial charge in [0.05, 0.1) is 5.75 Å². The molecule has 0 saturated carbocycles. The lowest BCUT2D eigenvalue weighted by Gasteiger charge is -2.09. The van der Waals surface area contributed by atoms with Crippen LogP contribution < -0.4 is 0 Å². The van der Waals surface area contributed by atoms with Crippen LogP contribution in [0.4, 0.5) is 0 Å². The lowest BCUT2D eigenvalue weighted by molar-refractivity contribution is 0.532. The maximum atomic E-state index is 11.5. The number of unbranched alkanes of at least 4 members (excludes halogenated alkanes) is 13. The van der Waals surface area contributed by atoms with E-state index < -0.39 is 9.84 Å². The molecule has 24 heavy (non-hydrogen) atoms. The Morgan fingerprint density at radius 2 is 1.08 bits per heavy atom. The Bertz CT molecular complexity index is 358. The average Bonchev–Trinajstić information content (AvgIpc) is 2.54. The second-order valence-electron chi connectivity index (χ2n) is 7.00. The molecule has 5 heteroatoms. The number of hydrogen-bond acceptors (Lipinski definition) is 2. The minimum absolute atomic E-state index is 0.0703. The van der Waals surface area contributed by atoms with Crippen LogP contribution in [0.3, 0.4) is 0 Å². The van der Waals surface area contributed by atoms with Crippen LogP contribution in [0.1, 0.15) is 103 Å². The van der Waals surface area contributed by atoms with Crippen LogP contribution in [-0.2, 0) is 9.84 Å². The Labute approximate surface area is 168 Å². The molecule has 0 saturated heterocycles. The highest BCUT2D eigenvalue weighted by Crippen LogP contribution is 2.17. The van der Waals surface area contributed by atoms with Crippen molar-refractivity contribution in [3.63, 3.8) is 0 Å². The van der Waals surface area contributed by atoms with E-state index in [0.29, 0.717) is 0 Å². The van der Waals surface area contributed by atoms with Gasteiger partial charge in [-0.25, -0.2) is 8.42 Å². The zero-order chi connectivity index (χ0) is 18.1. The molecule has 0 aliphatic heterocycles. The lowest BCUT2D eigenvalue weighted by Crippen LogP contribution is -2.16. The summed E-state index contributed by atoms with van der Waals surface area (Å²) in [5.74, 6) is 0.247. The summed E-state index contributed by atoms with van der Waals surface area (Å²) in [5, 5.41) is 0. The summed E-state index contributed by atoms with van der Waals surface area (Å²) in [6, 6.07) is 0. The van der Waals surface area contributed by atoms with Gasteiger partial charge in [0.15, 0.2) is 9.84 Å².